The topological polar surface area (TPSA) is 12.0 Å². The molecule has 1 N–H and O–H groups in total. The molecule has 0 heterocycles. The van der Waals surface area contributed by atoms with Gasteiger partial charge in [-0.2, -0.15) is 0 Å². The van der Waals surface area contributed by atoms with E-state index in [1.165, 1.54) is 6.42 Å². The fraction of sp³-hybridized carbons (Fsp3) is 0.600. The molecule has 0 bridgehead atoms. The molecular formula is C15H18F3N. The van der Waals surface area contributed by atoms with Crippen molar-refractivity contribution in [3.63, 3.8) is 0 Å². The Kier molecular flexibility index (Phi) is 3.29. The first-order chi connectivity index (χ1) is 9.13. The number of hydrogen-bond donors (Lipinski definition) is 1. The van der Waals surface area contributed by atoms with Gasteiger partial charge in [0.2, 0.25) is 0 Å². The molecule has 3 atom stereocenters. The third kappa shape index (κ3) is 2.16. The van der Waals surface area contributed by atoms with Crippen molar-refractivity contribution >= 4 is 0 Å². The maximum absolute atomic E-state index is 13.9. The summed E-state index contributed by atoms with van der Waals surface area (Å²) < 4.78 is 40.9. The van der Waals surface area contributed by atoms with E-state index >= 15 is 0 Å². The van der Waals surface area contributed by atoms with E-state index in [0.717, 1.165) is 25.0 Å². The van der Waals surface area contributed by atoms with Gasteiger partial charge >= 0.3 is 0 Å². The van der Waals surface area contributed by atoms with Crippen LogP contribution in [0.25, 0.3) is 0 Å². The van der Waals surface area contributed by atoms with E-state index in [2.05, 4.69) is 5.32 Å². The number of nitrogens with one attached hydrogen (secondary N) is 1. The van der Waals surface area contributed by atoms with Crippen LogP contribution in [0.3, 0.4) is 0 Å². The lowest BCUT2D eigenvalue weighted by atomic mass is 9.95. The smallest absolute Gasteiger partial charge is 0.133 e. The van der Waals surface area contributed by atoms with Crippen molar-refractivity contribution in [3.8, 4) is 0 Å². The molecule has 0 radical (unpaired) electrons. The van der Waals surface area contributed by atoms with Gasteiger partial charge in [0, 0.05) is 23.7 Å². The lowest BCUT2D eigenvalue weighted by Gasteiger charge is -2.21. The monoisotopic (exact) mass is 269 g/mol. The fourth-order valence-corrected chi connectivity index (χ4v) is 3.87. The number of benzene rings is 1. The average Bonchev–Trinajstić information content (AvgIpc) is 2.79. The molecular weight excluding hydrogens is 251 g/mol. The number of hydrogen-bond acceptors (Lipinski definition) is 1. The van der Waals surface area contributed by atoms with Crippen LogP contribution in [0.1, 0.15) is 37.8 Å². The second-order valence-corrected chi connectivity index (χ2v) is 5.65. The normalized spacial score (nSPS) is 30.2. The van der Waals surface area contributed by atoms with Crippen LogP contribution in [-0.4, -0.2) is 6.54 Å². The lowest BCUT2D eigenvalue weighted by molar-refractivity contribution is 0.391. The molecule has 1 nitrogen and oxygen atoms in total. The van der Waals surface area contributed by atoms with Crippen molar-refractivity contribution in [2.45, 2.75) is 32.2 Å². The third-order valence-corrected chi connectivity index (χ3v) is 4.64. The van der Waals surface area contributed by atoms with Gasteiger partial charge in [-0.25, -0.2) is 13.2 Å². The molecule has 19 heavy (non-hydrogen) atoms. The zero-order valence-corrected chi connectivity index (χ0v) is 10.9. The molecule has 3 unspecified atom stereocenters. The van der Waals surface area contributed by atoms with Gasteiger partial charge in [-0.05, 0) is 37.1 Å². The SMILES string of the molecule is CCNC(c1c(F)cc(F)cc1F)C1C2CCCC21. The van der Waals surface area contributed by atoms with Crippen LogP contribution in [0, 0.1) is 35.2 Å². The van der Waals surface area contributed by atoms with Gasteiger partial charge in [0.15, 0.2) is 0 Å². The Bertz CT molecular complexity index is 455. The largest absolute Gasteiger partial charge is 0.310 e. The molecule has 1 aromatic carbocycles. The Morgan fingerprint density at radius 1 is 1.16 bits per heavy atom. The van der Waals surface area contributed by atoms with Crippen LogP contribution in [0.15, 0.2) is 12.1 Å². The molecule has 3 rings (SSSR count). The summed E-state index contributed by atoms with van der Waals surface area (Å²) in [4.78, 5) is 0. The van der Waals surface area contributed by atoms with Crippen LogP contribution >= 0.6 is 0 Å². The second-order valence-electron chi connectivity index (χ2n) is 5.65. The molecule has 2 aliphatic rings. The molecule has 104 valence electrons. The summed E-state index contributed by atoms with van der Waals surface area (Å²) in [6.45, 7) is 2.57. The van der Waals surface area contributed by atoms with Gasteiger partial charge in [-0.15, -0.1) is 0 Å². The Morgan fingerprint density at radius 3 is 2.26 bits per heavy atom. The highest BCUT2D eigenvalue weighted by Crippen LogP contribution is 2.62. The van der Waals surface area contributed by atoms with Crippen LogP contribution in [0.2, 0.25) is 0 Å². The summed E-state index contributed by atoms with van der Waals surface area (Å²) in [5.41, 5.74) is 0.0163. The van der Waals surface area contributed by atoms with Crippen LogP contribution < -0.4 is 5.32 Å². The zero-order chi connectivity index (χ0) is 13.6. The summed E-state index contributed by atoms with van der Waals surface area (Å²) in [5.74, 6) is -0.907. The Balaban J connectivity index is 1.92. The summed E-state index contributed by atoms with van der Waals surface area (Å²) >= 11 is 0. The maximum atomic E-state index is 13.9. The molecule has 2 aliphatic carbocycles. The molecule has 4 heteroatoms. The van der Waals surface area contributed by atoms with Gasteiger partial charge in [0.25, 0.3) is 0 Å². The summed E-state index contributed by atoms with van der Waals surface area (Å²) in [7, 11) is 0. The number of rotatable bonds is 4. The highest BCUT2D eigenvalue weighted by Gasteiger charge is 2.56. The molecule has 2 saturated carbocycles. The summed E-state index contributed by atoms with van der Waals surface area (Å²) in [6.07, 6.45) is 3.53. The first-order valence-corrected chi connectivity index (χ1v) is 7.01. The fourth-order valence-electron chi connectivity index (χ4n) is 3.87. The zero-order valence-electron chi connectivity index (χ0n) is 10.9. The molecule has 0 aromatic heterocycles. The van der Waals surface area contributed by atoms with E-state index < -0.39 is 17.5 Å². The highest BCUT2D eigenvalue weighted by atomic mass is 19.1. The van der Waals surface area contributed by atoms with E-state index in [9.17, 15) is 13.2 Å². The van der Waals surface area contributed by atoms with Gasteiger partial charge in [-0.1, -0.05) is 13.3 Å². The Hall–Kier alpha value is -1.03. The quantitative estimate of drug-likeness (QED) is 0.876. The van der Waals surface area contributed by atoms with Crippen molar-refractivity contribution in [1.29, 1.82) is 0 Å². The van der Waals surface area contributed by atoms with Gasteiger partial charge in [-0.3, -0.25) is 0 Å². The predicted molar refractivity (Wildman–Crippen MR) is 67.1 cm³/mol. The van der Waals surface area contributed by atoms with Crippen LogP contribution in [0.4, 0.5) is 13.2 Å². The van der Waals surface area contributed by atoms with Gasteiger partial charge < -0.3 is 5.32 Å². The Morgan fingerprint density at radius 2 is 1.74 bits per heavy atom. The van der Waals surface area contributed by atoms with E-state index in [-0.39, 0.29) is 11.6 Å². The van der Waals surface area contributed by atoms with E-state index in [1.807, 2.05) is 6.92 Å². The molecule has 0 amide bonds. The van der Waals surface area contributed by atoms with E-state index in [1.54, 1.807) is 0 Å². The number of fused-ring (bicyclic) bond motifs is 1. The summed E-state index contributed by atoms with van der Waals surface area (Å²) in [5, 5.41) is 3.19. The second kappa shape index (κ2) is 4.82. The van der Waals surface area contributed by atoms with Gasteiger partial charge in [0.1, 0.15) is 17.5 Å². The maximum Gasteiger partial charge on any atom is 0.133 e. The minimum atomic E-state index is -0.856. The van der Waals surface area contributed by atoms with Crippen molar-refractivity contribution in [2.24, 2.45) is 17.8 Å². The minimum absolute atomic E-state index is 0.0163. The molecule has 0 spiro atoms. The van der Waals surface area contributed by atoms with Crippen molar-refractivity contribution in [3.05, 3.63) is 35.1 Å². The molecule has 0 saturated heterocycles. The standard InChI is InChI=1S/C15H18F3N/c1-2-19-15(13-9-4-3-5-10(9)13)14-11(17)6-8(16)7-12(14)18/h6-7,9-10,13,15,19H,2-5H2,1H3. The summed E-state index contributed by atoms with van der Waals surface area (Å²) in [6, 6.07) is 1.24. The van der Waals surface area contributed by atoms with Gasteiger partial charge in [0.05, 0.1) is 0 Å². The molecule has 1 aromatic rings. The predicted octanol–water partition coefficient (Wildman–Crippen LogP) is 3.80. The first kappa shape index (κ1) is 13.0. The van der Waals surface area contributed by atoms with Crippen LogP contribution in [0.5, 0.6) is 0 Å². The first-order valence-electron chi connectivity index (χ1n) is 7.01. The van der Waals surface area contributed by atoms with Crippen molar-refractivity contribution in [2.75, 3.05) is 6.54 Å². The van der Waals surface area contributed by atoms with Crippen molar-refractivity contribution in [1.82, 2.24) is 5.32 Å². The Labute approximate surface area is 111 Å². The number of halogens is 3. The highest BCUT2D eigenvalue weighted by molar-refractivity contribution is 5.28. The lowest BCUT2D eigenvalue weighted by Crippen LogP contribution is -2.26. The minimum Gasteiger partial charge on any atom is -0.310 e. The molecule has 0 aliphatic heterocycles. The molecule has 2 fully saturated rings. The third-order valence-electron chi connectivity index (χ3n) is 4.64. The average molecular weight is 269 g/mol. The van der Waals surface area contributed by atoms with Crippen LogP contribution in [-0.2, 0) is 0 Å². The van der Waals surface area contributed by atoms with Crippen molar-refractivity contribution < 1.29 is 13.2 Å². The van der Waals surface area contributed by atoms with E-state index in [4.69, 9.17) is 0 Å². The van der Waals surface area contributed by atoms with E-state index in [0.29, 0.717) is 24.3 Å².